The number of likely N-dealkylation sites (N-methyl/N-ethyl adjacent to an activating group) is 1. The van der Waals surface area contributed by atoms with Gasteiger partial charge in [-0.1, -0.05) is 5.16 Å². The van der Waals surface area contributed by atoms with Crippen molar-refractivity contribution in [1.29, 1.82) is 0 Å². The van der Waals surface area contributed by atoms with Crippen LogP contribution in [-0.2, 0) is 17.8 Å². The van der Waals surface area contributed by atoms with Gasteiger partial charge in [0.15, 0.2) is 5.82 Å². The number of hydrogen-bond donors (Lipinski definition) is 1. The summed E-state index contributed by atoms with van der Waals surface area (Å²) in [4.78, 5) is 3.86. The van der Waals surface area contributed by atoms with Gasteiger partial charge in [0.25, 0.3) is 5.89 Å². The summed E-state index contributed by atoms with van der Waals surface area (Å²) in [6, 6.07) is 0. The van der Waals surface area contributed by atoms with Gasteiger partial charge >= 0.3 is 6.18 Å². The van der Waals surface area contributed by atoms with Gasteiger partial charge in [-0.05, 0) is 7.05 Å². The van der Waals surface area contributed by atoms with E-state index < -0.39 is 12.8 Å². The Balaban J connectivity index is 2.29. The number of nitrogens with one attached hydrogen (secondary N) is 1. The number of aromatic nitrogens is 2. The fourth-order valence-electron chi connectivity index (χ4n) is 0.941. The van der Waals surface area contributed by atoms with Gasteiger partial charge in [-0.3, -0.25) is 0 Å². The standard InChI is InChI=1S/C8H12F3N3O2/c1-12-3-2-6-13-7(16-14-6)4-15-5-8(9,10)11/h12H,2-5H2,1H3. The van der Waals surface area contributed by atoms with E-state index in [9.17, 15) is 13.2 Å². The van der Waals surface area contributed by atoms with Crippen LogP contribution in [0.3, 0.4) is 0 Å². The van der Waals surface area contributed by atoms with Crippen LogP contribution in [0.5, 0.6) is 0 Å². The molecule has 5 nitrogen and oxygen atoms in total. The van der Waals surface area contributed by atoms with Crippen molar-refractivity contribution in [3.05, 3.63) is 11.7 Å². The summed E-state index contributed by atoms with van der Waals surface area (Å²) >= 11 is 0. The van der Waals surface area contributed by atoms with Crippen molar-refractivity contribution in [2.24, 2.45) is 0 Å². The van der Waals surface area contributed by atoms with Crippen LogP contribution in [-0.4, -0.2) is 36.5 Å². The lowest BCUT2D eigenvalue weighted by molar-refractivity contribution is -0.178. The quantitative estimate of drug-likeness (QED) is 0.799. The average Bonchev–Trinajstić information content (AvgIpc) is 2.61. The zero-order valence-corrected chi connectivity index (χ0v) is 8.67. The fraction of sp³-hybridized carbons (Fsp3) is 0.750. The molecule has 1 aromatic rings. The van der Waals surface area contributed by atoms with Crippen LogP contribution in [0.2, 0.25) is 0 Å². The highest BCUT2D eigenvalue weighted by molar-refractivity contribution is 4.85. The second kappa shape index (κ2) is 5.80. The van der Waals surface area contributed by atoms with Crippen LogP contribution < -0.4 is 5.32 Å². The molecule has 0 saturated carbocycles. The molecule has 0 spiro atoms. The van der Waals surface area contributed by atoms with Crippen LogP contribution in [0.15, 0.2) is 4.52 Å². The fourth-order valence-corrected chi connectivity index (χ4v) is 0.941. The van der Waals surface area contributed by atoms with E-state index in [0.29, 0.717) is 18.8 Å². The first-order valence-electron chi connectivity index (χ1n) is 4.62. The van der Waals surface area contributed by atoms with Gasteiger partial charge in [0, 0.05) is 13.0 Å². The molecule has 0 unspecified atom stereocenters. The third-order valence-electron chi connectivity index (χ3n) is 1.60. The lowest BCUT2D eigenvalue weighted by atomic mass is 10.4. The lowest BCUT2D eigenvalue weighted by Gasteiger charge is -2.04. The highest BCUT2D eigenvalue weighted by atomic mass is 19.4. The van der Waals surface area contributed by atoms with Crippen molar-refractivity contribution in [2.75, 3.05) is 20.2 Å². The third kappa shape index (κ3) is 5.08. The molecule has 0 aromatic carbocycles. The van der Waals surface area contributed by atoms with Crippen LogP contribution >= 0.6 is 0 Å². The smallest absolute Gasteiger partial charge is 0.362 e. The molecule has 1 aromatic heterocycles. The van der Waals surface area contributed by atoms with E-state index in [2.05, 4.69) is 20.2 Å². The number of rotatable bonds is 6. The average molecular weight is 239 g/mol. The Bertz CT molecular complexity index is 314. The van der Waals surface area contributed by atoms with Crippen molar-refractivity contribution < 1.29 is 22.4 Å². The summed E-state index contributed by atoms with van der Waals surface area (Å²) in [7, 11) is 1.77. The van der Waals surface area contributed by atoms with Crippen molar-refractivity contribution >= 4 is 0 Å². The molecular formula is C8H12F3N3O2. The molecule has 0 radical (unpaired) electrons. The van der Waals surface area contributed by atoms with Gasteiger partial charge in [-0.15, -0.1) is 0 Å². The van der Waals surface area contributed by atoms with Gasteiger partial charge in [0.2, 0.25) is 0 Å². The first-order valence-corrected chi connectivity index (χ1v) is 4.62. The molecule has 1 heterocycles. The normalized spacial score (nSPS) is 12.0. The number of halogens is 3. The molecule has 92 valence electrons. The maximum Gasteiger partial charge on any atom is 0.411 e. The number of hydrogen-bond acceptors (Lipinski definition) is 5. The second-order valence-electron chi connectivity index (χ2n) is 3.07. The zero-order chi connectivity index (χ0) is 12.0. The predicted octanol–water partition coefficient (Wildman–Crippen LogP) is 0.910. The number of ether oxygens (including phenoxy) is 1. The van der Waals surface area contributed by atoms with Crippen molar-refractivity contribution in [3.63, 3.8) is 0 Å². The summed E-state index contributed by atoms with van der Waals surface area (Å²) in [5, 5.41) is 6.47. The molecule has 0 atom stereocenters. The summed E-state index contributed by atoms with van der Waals surface area (Å²) in [5.41, 5.74) is 0. The van der Waals surface area contributed by atoms with Crippen molar-refractivity contribution in [3.8, 4) is 0 Å². The summed E-state index contributed by atoms with van der Waals surface area (Å²) < 4.78 is 44.3. The molecule has 16 heavy (non-hydrogen) atoms. The third-order valence-corrected chi connectivity index (χ3v) is 1.60. The number of nitrogens with zero attached hydrogens (tertiary/aromatic N) is 2. The van der Waals surface area contributed by atoms with E-state index in [4.69, 9.17) is 4.52 Å². The molecule has 0 bridgehead atoms. The largest absolute Gasteiger partial charge is 0.411 e. The van der Waals surface area contributed by atoms with Crippen LogP contribution in [0, 0.1) is 0 Å². The molecule has 0 saturated heterocycles. The Hall–Kier alpha value is -1.15. The van der Waals surface area contributed by atoms with Gasteiger partial charge in [0.05, 0.1) is 0 Å². The van der Waals surface area contributed by atoms with Gasteiger partial charge in [0.1, 0.15) is 13.2 Å². The first kappa shape index (κ1) is 12.9. The predicted molar refractivity (Wildman–Crippen MR) is 47.6 cm³/mol. The Labute approximate surface area is 90.0 Å². The Kier molecular flexibility index (Phi) is 4.69. The minimum absolute atomic E-state index is 0.0513. The van der Waals surface area contributed by atoms with E-state index >= 15 is 0 Å². The zero-order valence-electron chi connectivity index (χ0n) is 8.67. The first-order chi connectivity index (χ1) is 7.51. The molecule has 0 amide bonds. The van der Waals surface area contributed by atoms with Crippen molar-refractivity contribution in [2.45, 2.75) is 19.2 Å². The molecule has 0 aliphatic carbocycles. The molecule has 1 N–H and O–H groups in total. The molecule has 0 fully saturated rings. The highest BCUT2D eigenvalue weighted by Gasteiger charge is 2.27. The second-order valence-corrected chi connectivity index (χ2v) is 3.07. The van der Waals surface area contributed by atoms with Gasteiger partial charge in [-0.2, -0.15) is 18.2 Å². The Morgan fingerprint density at radius 1 is 1.44 bits per heavy atom. The van der Waals surface area contributed by atoms with Gasteiger partial charge in [-0.25, -0.2) is 0 Å². The number of alkyl halides is 3. The molecular weight excluding hydrogens is 227 g/mol. The van der Waals surface area contributed by atoms with E-state index in [1.807, 2.05) is 0 Å². The highest BCUT2D eigenvalue weighted by Crippen LogP contribution is 2.15. The van der Waals surface area contributed by atoms with Crippen molar-refractivity contribution in [1.82, 2.24) is 15.5 Å². The van der Waals surface area contributed by atoms with E-state index in [1.54, 1.807) is 7.05 Å². The lowest BCUT2D eigenvalue weighted by Crippen LogP contribution is -2.16. The van der Waals surface area contributed by atoms with E-state index in [0.717, 1.165) is 0 Å². The van der Waals surface area contributed by atoms with E-state index in [-0.39, 0.29) is 12.5 Å². The minimum atomic E-state index is -4.34. The SMILES string of the molecule is CNCCc1noc(COCC(F)(F)F)n1. The molecule has 8 heteroatoms. The summed E-state index contributed by atoms with van der Waals surface area (Å²) in [5.74, 6) is 0.496. The maximum absolute atomic E-state index is 11.7. The van der Waals surface area contributed by atoms with Crippen LogP contribution in [0.25, 0.3) is 0 Å². The van der Waals surface area contributed by atoms with Crippen LogP contribution in [0.1, 0.15) is 11.7 Å². The Morgan fingerprint density at radius 2 is 2.19 bits per heavy atom. The van der Waals surface area contributed by atoms with Crippen LogP contribution in [0.4, 0.5) is 13.2 Å². The van der Waals surface area contributed by atoms with E-state index in [1.165, 1.54) is 0 Å². The minimum Gasteiger partial charge on any atom is -0.362 e. The summed E-state index contributed by atoms with van der Waals surface area (Å²) in [6.45, 7) is -0.977. The molecule has 1 rings (SSSR count). The Morgan fingerprint density at radius 3 is 2.81 bits per heavy atom. The monoisotopic (exact) mass is 239 g/mol. The maximum atomic E-state index is 11.7. The molecule has 0 aliphatic heterocycles. The summed E-state index contributed by atoms with van der Waals surface area (Å²) in [6.07, 6.45) is -3.78. The van der Waals surface area contributed by atoms with Gasteiger partial charge < -0.3 is 14.6 Å². The molecule has 0 aliphatic rings. The topological polar surface area (TPSA) is 60.2 Å².